The van der Waals surface area contributed by atoms with Crippen LogP contribution < -0.4 is 10.1 Å². The van der Waals surface area contributed by atoms with Gasteiger partial charge in [-0.2, -0.15) is 0 Å². The van der Waals surface area contributed by atoms with Crippen LogP contribution in [0.3, 0.4) is 0 Å². The summed E-state index contributed by atoms with van der Waals surface area (Å²) in [5.74, 6) is 1.25. The monoisotopic (exact) mass is 512 g/mol. The molecule has 1 aliphatic rings. The van der Waals surface area contributed by atoms with Crippen LogP contribution >= 0.6 is 27.3 Å². The average Bonchev–Trinajstić information content (AvgIpc) is 3.25. The number of aryl methyl sites for hydroxylation is 2. The van der Waals surface area contributed by atoms with E-state index in [-0.39, 0.29) is 5.91 Å². The third-order valence-corrected chi connectivity index (χ3v) is 7.20. The summed E-state index contributed by atoms with van der Waals surface area (Å²) in [7, 11) is 0. The highest BCUT2D eigenvalue weighted by molar-refractivity contribution is 9.10. The Labute approximate surface area is 202 Å². The molecule has 0 saturated heterocycles. The number of rotatable bonds is 8. The number of nitrogens with one attached hydrogen (secondary N) is 1. The van der Waals surface area contributed by atoms with Crippen molar-refractivity contribution in [3.63, 3.8) is 0 Å². The summed E-state index contributed by atoms with van der Waals surface area (Å²) in [6, 6.07) is 12.8. The summed E-state index contributed by atoms with van der Waals surface area (Å²) in [4.78, 5) is 17.0. The SMILES string of the molecule is CC(C)c1ccc(OCCCC(=O)Nc2nc(-c3ccc4c(c3)CCCC4)cs2)c(Br)c1. The number of carbonyl (C=O) groups excluding carboxylic acids is 1. The lowest BCUT2D eigenvalue weighted by Crippen LogP contribution is -2.12. The van der Waals surface area contributed by atoms with Crippen molar-refractivity contribution in [3.8, 4) is 17.0 Å². The van der Waals surface area contributed by atoms with Crippen LogP contribution in [0.5, 0.6) is 5.75 Å². The minimum Gasteiger partial charge on any atom is -0.492 e. The minimum absolute atomic E-state index is 0.0332. The van der Waals surface area contributed by atoms with Crippen molar-refractivity contribution in [3.05, 3.63) is 62.9 Å². The lowest BCUT2D eigenvalue weighted by Gasteiger charge is -2.16. The molecule has 1 aliphatic carbocycles. The summed E-state index contributed by atoms with van der Waals surface area (Å²) in [6.07, 6.45) is 5.92. The molecule has 4 nitrogen and oxygen atoms in total. The van der Waals surface area contributed by atoms with Gasteiger partial charge in [-0.3, -0.25) is 4.79 Å². The van der Waals surface area contributed by atoms with E-state index in [0.717, 1.165) is 27.9 Å². The Morgan fingerprint density at radius 2 is 1.97 bits per heavy atom. The first kappa shape index (κ1) is 23.0. The van der Waals surface area contributed by atoms with Gasteiger partial charge in [0.1, 0.15) is 5.75 Å². The number of carbonyl (C=O) groups is 1. The van der Waals surface area contributed by atoms with Crippen LogP contribution in [0, 0.1) is 0 Å². The maximum Gasteiger partial charge on any atom is 0.226 e. The molecule has 0 bridgehead atoms. The van der Waals surface area contributed by atoms with Crippen molar-refractivity contribution in [1.82, 2.24) is 4.98 Å². The molecule has 0 saturated carbocycles. The molecule has 168 valence electrons. The Hall–Kier alpha value is -2.18. The van der Waals surface area contributed by atoms with E-state index in [2.05, 4.69) is 70.4 Å². The molecule has 1 N–H and O–H groups in total. The molecular weight excluding hydrogens is 484 g/mol. The second-order valence-electron chi connectivity index (χ2n) is 8.57. The maximum absolute atomic E-state index is 12.3. The Balaban J connectivity index is 1.25. The molecule has 0 spiro atoms. The van der Waals surface area contributed by atoms with Crippen LogP contribution in [0.15, 0.2) is 46.3 Å². The Morgan fingerprint density at radius 1 is 1.16 bits per heavy atom. The third-order valence-electron chi connectivity index (χ3n) is 5.82. The second-order valence-corrected chi connectivity index (χ2v) is 10.3. The van der Waals surface area contributed by atoms with Crippen LogP contribution in [0.2, 0.25) is 0 Å². The smallest absolute Gasteiger partial charge is 0.226 e. The summed E-state index contributed by atoms with van der Waals surface area (Å²) < 4.78 is 6.79. The Morgan fingerprint density at radius 3 is 2.75 bits per heavy atom. The largest absolute Gasteiger partial charge is 0.492 e. The van der Waals surface area contributed by atoms with E-state index in [9.17, 15) is 4.79 Å². The number of ether oxygens (including phenoxy) is 1. The average molecular weight is 514 g/mol. The molecule has 0 atom stereocenters. The fourth-order valence-corrected chi connectivity index (χ4v) is 5.19. The molecule has 4 rings (SSSR count). The zero-order valence-electron chi connectivity index (χ0n) is 18.6. The molecule has 32 heavy (non-hydrogen) atoms. The molecule has 1 heterocycles. The number of nitrogens with zero attached hydrogens (tertiary/aromatic N) is 1. The zero-order chi connectivity index (χ0) is 22.5. The van der Waals surface area contributed by atoms with E-state index in [4.69, 9.17) is 4.74 Å². The van der Waals surface area contributed by atoms with E-state index < -0.39 is 0 Å². The standard InChI is InChI=1S/C26H29BrN2O2S/c1-17(2)19-11-12-24(22(27)15-19)31-13-5-8-25(30)29-26-28-23(16-32-26)21-10-9-18-6-3-4-7-20(18)14-21/h9-12,14-17H,3-8,13H2,1-2H3,(H,28,29,30). The Bertz CT molecular complexity index is 1090. The van der Waals surface area contributed by atoms with Gasteiger partial charge in [0.2, 0.25) is 5.91 Å². The minimum atomic E-state index is -0.0332. The number of hydrogen-bond donors (Lipinski definition) is 1. The number of fused-ring (bicyclic) bond motifs is 1. The van der Waals surface area contributed by atoms with Gasteiger partial charge in [0.25, 0.3) is 0 Å². The van der Waals surface area contributed by atoms with E-state index in [1.54, 1.807) is 0 Å². The first-order valence-electron chi connectivity index (χ1n) is 11.3. The van der Waals surface area contributed by atoms with Crippen molar-refractivity contribution in [1.29, 1.82) is 0 Å². The molecule has 1 aromatic heterocycles. The fraction of sp³-hybridized carbons (Fsp3) is 0.385. The lowest BCUT2D eigenvalue weighted by molar-refractivity contribution is -0.116. The van der Waals surface area contributed by atoms with E-state index in [0.29, 0.717) is 30.5 Å². The van der Waals surface area contributed by atoms with E-state index >= 15 is 0 Å². The quantitative estimate of drug-likeness (QED) is 0.320. The molecule has 0 unspecified atom stereocenters. The van der Waals surface area contributed by atoms with Crippen molar-refractivity contribution in [2.24, 2.45) is 0 Å². The van der Waals surface area contributed by atoms with Gasteiger partial charge in [-0.05, 0) is 88.8 Å². The highest BCUT2D eigenvalue weighted by Crippen LogP contribution is 2.30. The van der Waals surface area contributed by atoms with E-state index in [1.165, 1.54) is 47.3 Å². The lowest BCUT2D eigenvalue weighted by atomic mass is 9.90. The summed E-state index contributed by atoms with van der Waals surface area (Å²) in [5, 5.41) is 5.59. The molecule has 2 aromatic carbocycles. The van der Waals surface area contributed by atoms with Crippen LogP contribution in [0.25, 0.3) is 11.3 Å². The van der Waals surface area contributed by atoms with Gasteiger partial charge >= 0.3 is 0 Å². The number of thiazole rings is 1. The van der Waals surface area contributed by atoms with Crippen molar-refractivity contribution >= 4 is 38.3 Å². The highest BCUT2D eigenvalue weighted by Gasteiger charge is 2.13. The van der Waals surface area contributed by atoms with Crippen molar-refractivity contribution in [2.45, 2.75) is 58.3 Å². The van der Waals surface area contributed by atoms with Crippen molar-refractivity contribution in [2.75, 3.05) is 11.9 Å². The normalized spacial score (nSPS) is 13.1. The topological polar surface area (TPSA) is 51.2 Å². The molecule has 6 heteroatoms. The van der Waals surface area contributed by atoms with Gasteiger partial charge in [0, 0.05) is 17.4 Å². The zero-order valence-corrected chi connectivity index (χ0v) is 21.0. The summed E-state index contributed by atoms with van der Waals surface area (Å²) in [5.41, 5.74) is 6.23. The van der Waals surface area contributed by atoms with Crippen LogP contribution in [0.1, 0.15) is 62.1 Å². The van der Waals surface area contributed by atoms with Gasteiger partial charge in [-0.1, -0.05) is 32.0 Å². The van der Waals surface area contributed by atoms with Crippen LogP contribution in [-0.4, -0.2) is 17.5 Å². The number of benzene rings is 2. The third kappa shape index (κ3) is 5.78. The van der Waals surface area contributed by atoms with Gasteiger partial charge in [0.15, 0.2) is 5.13 Å². The second kappa shape index (κ2) is 10.6. The maximum atomic E-state index is 12.3. The van der Waals surface area contributed by atoms with Crippen LogP contribution in [-0.2, 0) is 17.6 Å². The van der Waals surface area contributed by atoms with E-state index in [1.807, 2.05) is 11.4 Å². The van der Waals surface area contributed by atoms with Crippen LogP contribution in [0.4, 0.5) is 5.13 Å². The van der Waals surface area contributed by atoms with Gasteiger partial charge in [0.05, 0.1) is 16.8 Å². The Kier molecular flexibility index (Phi) is 7.63. The number of halogens is 1. The first-order valence-corrected chi connectivity index (χ1v) is 13.0. The fourth-order valence-electron chi connectivity index (χ4n) is 3.95. The van der Waals surface area contributed by atoms with Gasteiger partial charge in [-0.15, -0.1) is 11.3 Å². The summed E-state index contributed by atoms with van der Waals surface area (Å²) in [6.45, 7) is 4.82. The number of amides is 1. The predicted octanol–water partition coefficient (Wildman–Crippen LogP) is 7.37. The molecule has 0 radical (unpaired) electrons. The summed E-state index contributed by atoms with van der Waals surface area (Å²) >= 11 is 5.04. The number of aromatic nitrogens is 1. The highest BCUT2D eigenvalue weighted by atomic mass is 79.9. The molecular formula is C26H29BrN2O2S. The van der Waals surface area contributed by atoms with Gasteiger partial charge in [-0.25, -0.2) is 4.98 Å². The molecule has 0 fully saturated rings. The molecule has 1 amide bonds. The van der Waals surface area contributed by atoms with Gasteiger partial charge < -0.3 is 10.1 Å². The number of anilines is 1. The van der Waals surface area contributed by atoms with Crippen molar-refractivity contribution < 1.29 is 9.53 Å². The molecule has 3 aromatic rings. The number of hydrogen-bond acceptors (Lipinski definition) is 4. The molecule has 0 aliphatic heterocycles. The first-order chi connectivity index (χ1) is 15.5. The predicted molar refractivity (Wildman–Crippen MR) is 136 cm³/mol.